The monoisotopic (exact) mass is 305 g/mol. The minimum atomic E-state index is -1.12. The number of hydrogen-bond donors (Lipinski definition) is 0. The van der Waals surface area contributed by atoms with Gasteiger partial charge in [-0.1, -0.05) is 62.2 Å². The number of benzene rings is 1. The van der Waals surface area contributed by atoms with Gasteiger partial charge < -0.3 is 9.90 Å². The minimum absolute atomic E-state index is 0.265. The van der Waals surface area contributed by atoms with E-state index in [1.807, 2.05) is 30.3 Å². The molecule has 70 valence electrons. The molecular weight excluding hydrogens is 300 g/mol. The van der Waals surface area contributed by atoms with Crippen LogP contribution in [0.5, 0.6) is 0 Å². The van der Waals surface area contributed by atoms with Gasteiger partial charge in [-0.25, -0.2) is 0 Å². The van der Waals surface area contributed by atoms with Crippen LogP contribution < -0.4 is 5.11 Å². The molecule has 0 heterocycles. The zero-order valence-corrected chi connectivity index (χ0v) is 9.79. The Balaban J connectivity index is 2.79. The Hall–Kier alpha value is -0.350. The summed E-state index contributed by atoms with van der Waals surface area (Å²) in [5.41, 5.74) is 0.911. The molecule has 0 radical (unpaired) electrons. The van der Waals surface area contributed by atoms with Crippen LogP contribution in [0, 0.1) is 0 Å². The minimum Gasteiger partial charge on any atom is -0.549 e. The molecule has 1 aromatic rings. The van der Waals surface area contributed by atoms with E-state index in [1.165, 1.54) is 0 Å². The molecule has 0 unspecified atom stereocenters. The lowest BCUT2D eigenvalue weighted by atomic mass is 10.1. The molecule has 0 saturated carbocycles. The smallest absolute Gasteiger partial charge is 0.0707 e. The first kappa shape index (κ1) is 10.7. The maximum atomic E-state index is 10.5. The summed E-state index contributed by atoms with van der Waals surface area (Å²) in [5, 5.41) is 10.5. The predicted octanol–water partition coefficient (Wildman–Crippen LogP) is 1.64. The van der Waals surface area contributed by atoms with Crippen LogP contribution in [0.1, 0.15) is 10.4 Å². The maximum absolute atomic E-state index is 10.5. The molecule has 0 aromatic heterocycles. The van der Waals surface area contributed by atoms with Crippen molar-refractivity contribution in [3.05, 3.63) is 35.9 Å². The van der Waals surface area contributed by atoms with Gasteiger partial charge in [0.15, 0.2) is 0 Å². The fourth-order valence-corrected chi connectivity index (χ4v) is 1.75. The number of aliphatic carboxylic acids is 1. The highest BCUT2D eigenvalue weighted by atomic mass is 79.9. The van der Waals surface area contributed by atoms with E-state index in [0.717, 1.165) is 5.56 Å². The lowest BCUT2D eigenvalue weighted by molar-refractivity contribution is -0.304. The van der Waals surface area contributed by atoms with E-state index in [4.69, 9.17) is 0 Å². The Kier molecular flexibility index (Phi) is 3.93. The second-order valence-corrected chi connectivity index (χ2v) is 4.51. The van der Waals surface area contributed by atoms with E-state index >= 15 is 0 Å². The average molecular weight is 307 g/mol. The van der Waals surface area contributed by atoms with Crippen molar-refractivity contribution >= 4 is 37.8 Å². The third kappa shape index (κ3) is 2.81. The average Bonchev–Trinajstić information content (AvgIpc) is 2.17. The molecule has 2 nitrogen and oxygen atoms in total. The molecule has 0 bridgehead atoms. The maximum Gasteiger partial charge on any atom is 0.0707 e. The van der Waals surface area contributed by atoms with Gasteiger partial charge in [0.2, 0.25) is 0 Å². The molecule has 0 N–H and O–H groups in total. The summed E-state index contributed by atoms with van der Waals surface area (Å²) in [6.07, 6.45) is 0. The first-order valence-corrected chi connectivity index (χ1v) is 5.50. The fraction of sp³-hybridized carbons (Fsp3) is 0.222. The Bertz CT molecular complexity index is 287. The first-order valence-electron chi connectivity index (χ1n) is 3.67. The summed E-state index contributed by atoms with van der Waals surface area (Å²) in [5.74, 6) is -1.12. The molecule has 4 heteroatoms. The summed E-state index contributed by atoms with van der Waals surface area (Å²) in [6, 6.07) is 9.32. The van der Waals surface area contributed by atoms with Crippen LogP contribution in [0.4, 0.5) is 0 Å². The quantitative estimate of drug-likeness (QED) is 0.797. The number of carboxylic acid groups (broad SMARTS) is 1. The van der Waals surface area contributed by atoms with Gasteiger partial charge in [-0.2, -0.15) is 0 Å². The van der Waals surface area contributed by atoms with Crippen molar-refractivity contribution in [3.8, 4) is 0 Å². The molecule has 0 aliphatic carbocycles. The molecule has 0 aliphatic rings. The number of rotatable bonds is 3. The van der Waals surface area contributed by atoms with Gasteiger partial charge in [0.1, 0.15) is 0 Å². The largest absolute Gasteiger partial charge is 0.549 e. The lowest BCUT2D eigenvalue weighted by Crippen LogP contribution is -2.34. The van der Waals surface area contributed by atoms with Crippen LogP contribution in [-0.4, -0.2) is 10.8 Å². The van der Waals surface area contributed by atoms with Gasteiger partial charge in [0.25, 0.3) is 0 Å². The summed E-state index contributed by atoms with van der Waals surface area (Å²) in [4.78, 5) is 9.55. The third-order valence-electron chi connectivity index (χ3n) is 1.60. The molecule has 0 aliphatic heterocycles. The van der Waals surface area contributed by atoms with Gasteiger partial charge in [0, 0.05) is 0 Å². The van der Waals surface area contributed by atoms with Crippen LogP contribution in [-0.2, 0) is 4.79 Å². The van der Waals surface area contributed by atoms with Crippen molar-refractivity contribution in [2.75, 3.05) is 0 Å². The van der Waals surface area contributed by atoms with Gasteiger partial charge in [-0.15, -0.1) is 0 Å². The molecule has 0 amide bonds. The zero-order chi connectivity index (χ0) is 9.84. The van der Waals surface area contributed by atoms with Crippen molar-refractivity contribution in [1.82, 2.24) is 0 Å². The van der Waals surface area contributed by atoms with Gasteiger partial charge in [-0.3, -0.25) is 0 Å². The SMILES string of the molecule is O=C([O-])[C@H](Br)[C@@H](Br)c1ccccc1. The molecule has 1 aromatic carbocycles. The van der Waals surface area contributed by atoms with E-state index < -0.39 is 10.8 Å². The van der Waals surface area contributed by atoms with Crippen molar-refractivity contribution in [2.45, 2.75) is 9.65 Å². The van der Waals surface area contributed by atoms with E-state index in [9.17, 15) is 9.90 Å². The van der Waals surface area contributed by atoms with E-state index in [-0.39, 0.29) is 4.83 Å². The topological polar surface area (TPSA) is 40.1 Å². The van der Waals surface area contributed by atoms with Crippen molar-refractivity contribution in [2.24, 2.45) is 0 Å². The second-order valence-electron chi connectivity index (χ2n) is 2.53. The number of carboxylic acids is 1. The second kappa shape index (κ2) is 4.77. The van der Waals surface area contributed by atoms with Crippen LogP contribution in [0.25, 0.3) is 0 Å². The number of alkyl halides is 2. The van der Waals surface area contributed by atoms with Crippen LogP contribution in [0.2, 0.25) is 0 Å². The van der Waals surface area contributed by atoms with Crippen molar-refractivity contribution in [1.29, 1.82) is 0 Å². The first-order chi connectivity index (χ1) is 6.13. The summed E-state index contributed by atoms with van der Waals surface area (Å²) >= 11 is 6.32. The van der Waals surface area contributed by atoms with E-state index in [2.05, 4.69) is 31.9 Å². The fourth-order valence-electron chi connectivity index (χ4n) is 0.925. The van der Waals surface area contributed by atoms with Crippen LogP contribution in [0.15, 0.2) is 30.3 Å². The van der Waals surface area contributed by atoms with Crippen molar-refractivity contribution in [3.63, 3.8) is 0 Å². The zero-order valence-electron chi connectivity index (χ0n) is 6.61. The van der Waals surface area contributed by atoms with Gasteiger partial charge in [-0.05, 0) is 5.56 Å². The lowest BCUT2D eigenvalue weighted by Gasteiger charge is -2.17. The predicted molar refractivity (Wildman–Crippen MR) is 55.8 cm³/mol. The van der Waals surface area contributed by atoms with Gasteiger partial charge in [0.05, 0.1) is 15.6 Å². The Morgan fingerprint density at radius 1 is 1.23 bits per heavy atom. The standard InChI is InChI=1S/C9H8Br2O2/c10-7(8(11)9(12)13)6-4-2-1-3-5-6/h1-5,7-8H,(H,12,13)/p-1/t7-,8+/m0/s1. The molecule has 0 fully saturated rings. The van der Waals surface area contributed by atoms with E-state index in [1.54, 1.807) is 0 Å². The molecule has 1 rings (SSSR count). The Labute approximate surface area is 93.2 Å². The summed E-state index contributed by atoms with van der Waals surface area (Å²) in [6.45, 7) is 0. The Morgan fingerprint density at radius 2 is 1.77 bits per heavy atom. The highest BCUT2D eigenvalue weighted by Gasteiger charge is 2.17. The van der Waals surface area contributed by atoms with E-state index in [0.29, 0.717) is 0 Å². The van der Waals surface area contributed by atoms with Crippen molar-refractivity contribution < 1.29 is 9.90 Å². The number of carbonyl (C=O) groups excluding carboxylic acids is 1. The van der Waals surface area contributed by atoms with Crippen LogP contribution >= 0.6 is 31.9 Å². The molecule has 2 atom stereocenters. The number of carbonyl (C=O) groups is 1. The molecular formula is C9H7Br2O2-. The normalized spacial score (nSPS) is 14.9. The summed E-state index contributed by atoms with van der Waals surface area (Å²) in [7, 11) is 0. The number of hydrogen-bond acceptors (Lipinski definition) is 2. The molecule has 13 heavy (non-hydrogen) atoms. The highest BCUT2D eigenvalue weighted by Crippen LogP contribution is 2.30. The Morgan fingerprint density at radius 3 is 2.23 bits per heavy atom. The summed E-state index contributed by atoms with van der Waals surface area (Å²) < 4.78 is 0. The highest BCUT2D eigenvalue weighted by molar-refractivity contribution is 9.12. The van der Waals surface area contributed by atoms with Crippen LogP contribution in [0.3, 0.4) is 0 Å². The third-order valence-corrected chi connectivity index (χ3v) is 4.27. The molecule has 0 spiro atoms. The number of halogens is 2. The molecule has 0 saturated heterocycles. The van der Waals surface area contributed by atoms with Gasteiger partial charge >= 0.3 is 0 Å².